The van der Waals surface area contributed by atoms with E-state index in [0.29, 0.717) is 12.0 Å². The highest BCUT2D eigenvalue weighted by molar-refractivity contribution is 6.14. The molecule has 0 saturated heterocycles. The summed E-state index contributed by atoms with van der Waals surface area (Å²) in [6.45, 7) is 0.0617. The van der Waals surface area contributed by atoms with Gasteiger partial charge < -0.3 is 10.1 Å². The van der Waals surface area contributed by atoms with Crippen molar-refractivity contribution in [2.75, 3.05) is 13.8 Å². The number of carbonyl (C=O) groups is 2. The van der Waals surface area contributed by atoms with Gasteiger partial charge in [-0.1, -0.05) is 6.07 Å². The Hall–Kier alpha value is -2.01. The first kappa shape index (κ1) is 12.1. The largest absolute Gasteiger partial charge is 0.364 e. The van der Waals surface area contributed by atoms with Gasteiger partial charge >= 0.3 is 0 Å². The summed E-state index contributed by atoms with van der Waals surface area (Å²) in [7, 11) is 1.45. The number of ether oxygens (including phenoxy) is 1. The minimum Gasteiger partial charge on any atom is -0.364 e. The monoisotopic (exact) mass is 220 g/mol. The van der Waals surface area contributed by atoms with Crippen LogP contribution in [0.5, 0.6) is 0 Å². The lowest BCUT2D eigenvalue weighted by Crippen LogP contribution is -2.27. The van der Waals surface area contributed by atoms with E-state index in [4.69, 9.17) is 0 Å². The zero-order valence-electron chi connectivity index (χ0n) is 8.84. The van der Waals surface area contributed by atoms with Gasteiger partial charge in [0.15, 0.2) is 6.29 Å². The Morgan fingerprint density at radius 2 is 2.38 bits per heavy atom. The van der Waals surface area contributed by atoms with Crippen molar-refractivity contribution in [1.82, 2.24) is 10.3 Å². The van der Waals surface area contributed by atoms with Crippen molar-refractivity contribution in [3.63, 3.8) is 0 Å². The predicted molar refractivity (Wildman–Crippen MR) is 58.3 cm³/mol. The van der Waals surface area contributed by atoms with Crippen LogP contribution in [0.15, 0.2) is 30.0 Å². The number of aromatic nitrogens is 1. The number of aldehydes is 1. The molecule has 0 spiro atoms. The van der Waals surface area contributed by atoms with Gasteiger partial charge in [-0.2, -0.15) is 0 Å². The Labute approximate surface area is 93.1 Å². The zero-order chi connectivity index (χ0) is 11.8. The third kappa shape index (κ3) is 3.62. The Bertz CT molecular complexity index is 387. The summed E-state index contributed by atoms with van der Waals surface area (Å²) in [5.41, 5.74) is 0.563. The predicted octanol–water partition coefficient (Wildman–Crippen LogP) is 0.384. The lowest BCUT2D eigenvalue weighted by molar-refractivity contribution is -0.120. The number of pyridine rings is 1. The van der Waals surface area contributed by atoms with Crippen LogP contribution in [0.1, 0.15) is 5.69 Å². The minimum absolute atomic E-state index is 0.00995. The third-order valence-electron chi connectivity index (χ3n) is 1.76. The van der Waals surface area contributed by atoms with Crippen LogP contribution >= 0.6 is 0 Å². The first-order valence-electron chi connectivity index (χ1n) is 4.63. The Kier molecular flexibility index (Phi) is 4.88. The van der Waals surface area contributed by atoms with E-state index in [1.807, 2.05) is 0 Å². The van der Waals surface area contributed by atoms with E-state index in [1.165, 1.54) is 13.2 Å². The van der Waals surface area contributed by atoms with E-state index >= 15 is 0 Å². The molecule has 0 aliphatic rings. The molecular formula is C11H12N2O3. The van der Waals surface area contributed by atoms with Gasteiger partial charge in [0.2, 0.25) is 0 Å². The normalized spacial score (nSPS) is 10.9. The fourth-order valence-corrected chi connectivity index (χ4v) is 1.01. The second-order valence-electron chi connectivity index (χ2n) is 2.91. The Balaban J connectivity index is 2.78. The van der Waals surface area contributed by atoms with Crippen LogP contribution in [0.25, 0.3) is 6.08 Å². The van der Waals surface area contributed by atoms with E-state index < -0.39 is 5.91 Å². The number of nitrogens with zero attached hydrogens (tertiary/aromatic N) is 1. The molecule has 0 aromatic carbocycles. The lowest BCUT2D eigenvalue weighted by Gasteiger charge is -2.02. The van der Waals surface area contributed by atoms with Crippen LogP contribution < -0.4 is 5.32 Å². The van der Waals surface area contributed by atoms with Gasteiger partial charge in [-0.05, 0) is 18.2 Å². The summed E-state index contributed by atoms with van der Waals surface area (Å²) in [5.74, 6) is -0.484. The molecule has 0 aliphatic carbocycles. The van der Waals surface area contributed by atoms with Crippen molar-refractivity contribution < 1.29 is 14.3 Å². The van der Waals surface area contributed by atoms with Crippen LogP contribution in [0, 0.1) is 0 Å². The molecule has 1 N–H and O–H groups in total. The van der Waals surface area contributed by atoms with E-state index in [-0.39, 0.29) is 12.3 Å². The number of methoxy groups -OCH3 is 1. The molecule has 1 aromatic rings. The molecule has 0 radical (unpaired) electrons. The highest BCUT2D eigenvalue weighted by Gasteiger charge is 2.07. The van der Waals surface area contributed by atoms with Gasteiger partial charge in [0.05, 0.1) is 11.3 Å². The standard InChI is InChI=1S/C11H12N2O3/c1-16-8-13-11(15)9(7-14)6-10-4-2-3-5-12-10/h2-7H,8H2,1H3,(H,13,15)/b9-6+. The summed E-state index contributed by atoms with van der Waals surface area (Å²) in [5, 5.41) is 2.42. The molecule has 0 saturated carbocycles. The highest BCUT2D eigenvalue weighted by Crippen LogP contribution is 2.01. The fourth-order valence-electron chi connectivity index (χ4n) is 1.01. The number of nitrogens with one attached hydrogen (secondary N) is 1. The molecule has 0 atom stereocenters. The van der Waals surface area contributed by atoms with Crippen molar-refractivity contribution >= 4 is 18.3 Å². The smallest absolute Gasteiger partial charge is 0.256 e. The van der Waals surface area contributed by atoms with Crippen molar-refractivity contribution in [3.05, 3.63) is 35.7 Å². The zero-order valence-corrected chi connectivity index (χ0v) is 8.84. The second kappa shape index (κ2) is 6.47. The minimum atomic E-state index is -0.484. The third-order valence-corrected chi connectivity index (χ3v) is 1.76. The molecule has 1 rings (SSSR count). The van der Waals surface area contributed by atoms with Gasteiger partial charge in [-0.3, -0.25) is 14.6 Å². The van der Waals surface area contributed by atoms with Gasteiger partial charge in [-0.25, -0.2) is 0 Å². The molecule has 0 aliphatic heterocycles. The quantitative estimate of drug-likeness (QED) is 0.256. The second-order valence-corrected chi connectivity index (χ2v) is 2.91. The topological polar surface area (TPSA) is 68.3 Å². The van der Waals surface area contributed by atoms with Gasteiger partial charge in [0.25, 0.3) is 5.91 Å². The van der Waals surface area contributed by atoms with E-state index in [9.17, 15) is 9.59 Å². The summed E-state index contributed by atoms with van der Waals surface area (Å²) < 4.78 is 4.67. The molecule has 1 amide bonds. The number of carbonyl (C=O) groups excluding carboxylic acids is 2. The van der Waals surface area contributed by atoms with Crippen LogP contribution in [-0.4, -0.2) is 31.0 Å². The van der Waals surface area contributed by atoms with Gasteiger partial charge in [0.1, 0.15) is 6.73 Å². The number of amides is 1. The van der Waals surface area contributed by atoms with Crippen molar-refractivity contribution in [2.24, 2.45) is 0 Å². The molecule has 5 heteroatoms. The van der Waals surface area contributed by atoms with E-state index in [1.54, 1.807) is 24.4 Å². The molecule has 0 fully saturated rings. The molecule has 16 heavy (non-hydrogen) atoms. The van der Waals surface area contributed by atoms with Crippen LogP contribution in [0.3, 0.4) is 0 Å². The van der Waals surface area contributed by atoms with Crippen LogP contribution in [0.2, 0.25) is 0 Å². The average molecular weight is 220 g/mol. The maximum absolute atomic E-state index is 11.4. The van der Waals surface area contributed by atoms with Crippen molar-refractivity contribution in [1.29, 1.82) is 0 Å². The van der Waals surface area contributed by atoms with Gasteiger partial charge in [0, 0.05) is 13.3 Å². The molecule has 1 heterocycles. The Morgan fingerprint density at radius 3 is 2.94 bits per heavy atom. The van der Waals surface area contributed by atoms with Crippen LogP contribution in [-0.2, 0) is 14.3 Å². The Morgan fingerprint density at radius 1 is 1.56 bits per heavy atom. The van der Waals surface area contributed by atoms with Crippen molar-refractivity contribution in [2.45, 2.75) is 0 Å². The maximum atomic E-state index is 11.4. The van der Waals surface area contributed by atoms with E-state index in [0.717, 1.165) is 0 Å². The molecule has 0 bridgehead atoms. The summed E-state index contributed by atoms with van der Waals surface area (Å²) in [4.78, 5) is 26.1. The van der Waals surface area contributed by atoms with Crippen molar-refractivity contribution in [3.8, 4) is 0 Å². The average Bonchev–Trinajstić information content (AvgIpc) is 2.34. The highest BCUT2D eigenvalue weighted by atomic mass is 16.5. The number of rotatable bonds is 5. The molecule has 1 aromatic heterocycles. The lowest BCUT2D eigenvalue weighted by atomic mass is 10.2. The number of hydrogen-bond acceptors (Lipinski definition) is 4. The molecule has 5 nitrogen and oxygen atoms in total. The summed E-state index contributed by atoms with van der Waals surface area (Å²) in [6.07, 6.45) is 3.49. The maximum Gasteiger partial charge on any atom is 0.256 e. The molecule has 0 unspecified atom stereocenters. The summed E-state index contributed by atoms with van der Waals surface area (Å²) in [6, 6.07) is 5.23. The van der Waals surface area contributed by atoms with Gasteiger partial charge in [-0.15, -0.1) is 0 Å². The fraction of sp³-hybridized carbons (Fsp3) is 0.182. The van der Waals surface area contributed by atoms with E-state index in [2.05, 4.69) is 15.0 Å². The summed E-state index contributed by atoms with van der Waals surface area (Å²) >= 11 is 0. The molecular weight excluding hydrogens is 208 g/mol. The molecule has 84 valence electrons. The first-order chi connectivity index (χ1) is 7.77. The SMILES string of the molecule is COCNC(=O)/C(C=O)=C/c1ccccn1. The number of hydrogen-bond donors (Lipinski definition) is 1. The van der Waals surface area contributed by atoms with Crippen LogP contribution in [0.4, 0.5) is 0 Å². The first-order valence-corrected chi connectivity index (χ1v) is 4.63.